The average molecular weight is 262 g/mol. The lowest BCUT2D eigenvalue weighted by atomic mass is 10.1. The summed E-state index contributed by atoms with van der Waals surface area (Å²) in [7, 11) is 1.73. The van der Waals surface area contributed by atoms with Gasteiger partial charge in [-0.05, 0) is 30.0 Å². The summed E-state index contributed by atoms with van der Waals surface area (Å²) in [5.74, 6) is -0.368. The maximum atomic E-state index is 11.8. The van der Waals surface area contributed by atoms with Crippen LogP contribution in [-0.2, 0) is 6.54 Å². The molecule has 1 aromatic carbocycles. The van der Waals surface area contributed by atoms with Gasteiger partial charge in [0, 0.05) is 19.6 Å². The molecule has 0 heterocycles. The van der Waals surface area contributed by atoms with Crippen molar-refractivity contribution in [2.45, 2.75) is 25.9 Å². The number of rotatable bonds is 4. The van der Waals surface area contributed by atoms with E-state index in [0.29, 0.717) is 18.5 Å². The van der Waals surface area contributed by atoms with Crippen molar-refractivity contribution >= 4 is 12.0 Å². The molecule has 2 atom stereocenters. The number of carboxylic acids is 1. The molecular formula is C14H18N2O3. The number of carbonyl (C=O) groups excluding carboxylic acids is 1. The highest BCUT2D eigenvalue weighted by molar-refractivity contribution is 5.87. The van der Waals surface area contributed by atoms with Gasteiger partial charge >= 0.3 is 12.0 Å². The molecule has 1 aliphatic carbocycles. The Labute approximate surface area is 112 Å². The van der Waals surface area contributed by atoms with Crippen LogP contribution >= 0.6 is 0 Å². The summed E-state index contributed by atoms with van der Waals surface area (Å²) in [5, 5.41) is 11.7. The molecule has 1 aromatic rings. The van der Waals surface area contributed by atoms with E-state index in [2.05, 4.69) is 12.2 Å². The largest absolute Gasteiger partial charge is 0.478 e. The van der Waals surface area contributed by atoms with Crippen LogP contribution in [0.5, 0.6) is 0 Å². The second kappa shape index (κ2) is 5.30. The zero-order chi connectivity index (χ0) is 14.0. The van der Waals surface area contributed by atoms with Crippen LogP contribution in [0.2, 0.25) is 0 Å². The Hall–Kier alpha value is -2.04. The van der Waals surface area contributed by atoms with Gasteiger partial charge in [-0.15, -0.1) is 0 Å². The van der Waals surface area contributed by atoms with Crippen LogP contribution in [0.25, 0.3) is 0 Å². The van der Waals surface area contributed by atoms with Gasteiger partial charge in [-0.3, -0.25) is 0 Å². The number of benzene rings is 1. The third kappa shape index (κ3) is 3.47. The van der Waals surface area contributed by atoms with Crippen molar-refractivity contribution in [1.82, 2.24) is 10.2 Å². The second-order valence-corrected chi connectivity index (χ2v) is 5.13. The number of carbonyl (C=O) groups is 2. The Kier molecular flexibility index (Phi) is 3.74. The zero-order valence-electron chi connectivity index (χ0n) is 11.1. The maximum Gasteiger partial charge on any atom is 0.335 e. The van der Waals surface area contributed by atoms with E-state index in [1.54, 1.807) is 36.2 Å². The lowest BCUT2D eigenvalue weighted by Crippen LogP contribution is -2.38. The molecular weight excluding hydrogens is 244 g/mol. The highest BCUT2D eigenvalue weighted by Gasteiger charge is 2.34. The van der Waals surface area contributed by atoms with E-state index in [1.807, 2.05) is 0 Å². The van der Waals surface area contributed by atoms with Crippen LogP contribution in [0.3, 0.4) is 0 Å². The number of amides is 2. The van der Waals surface area contributed by atoms with Gasteiger partial charge < -0.3 is 15.3 Å². The number of hydrogen-bond donors (Lipinski definition) is 2. The van der Waals surface area contributed by atoms with Crippen molar-refractivity contribution in [3.8, 4) is 0 Å². The van der Waals surface area contributed by atoms with Crippen molar-refractivity contribution in [1.29, 1.82) is 0 Å². The van der Waals surface area contributed by atoms with Crippen LogP contribution in [0.15, 0.2) is 24.3 Å². The SMILES string of the molecule is CC1CC1NC(=O)N(C)Cc1ccc(C(=O)O)cc1. The topological polar surface area (TPSA) is 69.6 Å². The summed E-state index contributed by atoms with van der Waals surface area (Å²) in [6.45, 7) is 2.57. The summed E-state index contributed by atoms with van der Waals surface area (Å²) >= 11 is 0. The first kappa shape index (κ1) is 13.4. The minimum absolute atomic E-state index is 0.0864. The molecule has 0 aromatic heterocycles. The van der Waals surface area contributed by atoms with Crippen LogP contribution in [-0.4, -0.2) is 35.1 Å². The average Bonchev–Trinajstić information content (AvgIpc) is 3.05. The molecule has 0 aliphatic heterocycles. The molecule has 1 saturated carbocycles. The molecule has 1 fully saturated rings. The van der Waals surface area contributed by atoms with Crippen molar-refractivity contribution in [2.75, 3.05) is 7.05 Å². The predicted molar refractivity (Wildman–Crippen MR) is 71.0 cm³/mol. The van der Waals surface area contributed by atoms with E-state index in [-0.39, 0.29) is 11.6 Å². The molecule has 5 heteroatoms. The molecule has 2 rings (SSSR count). The number of nitrogens with zero attached hydrogens (tertiary/aromatic N) is 1. The Morgan fingerprint density at radius 2 is 1.95 bits per heavy atom. The first-order valence-corrected chi connectivity index (χ1v) is 6.31. The summed E-state index contributed by atoms with van der Waals surface area (Å²) < 4.78 is 0. The van der Waals surface area contributed by atoms with Gasteiger partial charge in [0.15, 0.2) is 0 Å². The predicted octanol–water partition coefficient (Wildman–Crippen LogP) is 1.93. The molecule has 0 bridgehead atoms. The van der Waals surface area contributed by atoms with E-state index in [1.165, 1.54) is 0 Å². The molecule has 1 aliphatic rings. The first-order valence-electron chi connectivity index (χ1n) is 6.31. The monoisotopic (exact) mass is 262 g/mol. The van der Waals surface area contributed by atoms with Crippen LogP contribution in [0, 0.1) is 5.92 Å². The summed E-state index contributed by atoms with van der Waals surface area (Å²) in [4.78, 5) is 24.2. The fraction of sp³-hybridized carbons (Fsp3) is 0.429. The molecule has 0 radical (unpaired) electrons. The van der Waals surface area contributed by atoms with Crippen LogP contribution in [0.1, 0.15) is 29.3 Å². The lowest BCUT2D eigenvalue weighted by molar-refractivity contribution is 0.0697. The molecule has 2 N–H and O–H groups in total. The van der Waals surface area contributed by atoms with E-state index in [0.717, 1.165) is 12.0 Å². The fourth-order valence-electron chi connectivity index (χ4n) is 1.89. The number of carboxylic acid groups (broad SMARTS) is 1. The lowest BCUT2D eigenvalue weighted by Gasteiger charge is -2.18. The minimum atomic E-state index is -0.944. The molecule has 102 valence electrons. The number of urea groups is 1. The van der Waals surface area contributed by atoms with E-state index in [4.69, 9.17) is 5.11 Å². The van der Waals surface area contributed by atoms with E-state index < -0.39 is 5.97 Å². The molecule has 0 saturated heterocycles. The molecule has 0 spiro atoms. The van der Waals surface area contributed by atoms with Crippen molar-refractivity contribution in [3.05, 3.63) is 35.4 Å². The minimum Gasteiger partial charge on any atom is -0.478 e. The van der Waals surface area contributed by atoms with Gasteiger partial charge in [-0.2, -0.15) is 0 Å². The Bertz CT molecular complexity index is 484. The standard InChI is InChI=1S/C14H18N2O3/c1-9-7-12(9)15-14(19)16(2)8-10-3-5-11(6-4-10)13(17)18/h3-6,9,12H,7-8H2,1-2H3,(H,15,19)(H,17,18). The summed E-state index contributed by atoms with van der Waals surface area (Å²) in [6.07, 6.45) is 1.05. The van der Waals surface area contributed by atoms with Gasteiger partial charge in [-0.25, -0.2) is 9.59 Å². The zero-order valence-corrected chi connectivity index (χ0v) is 11.1. The molecule has 19 heavy (non-hydrogen) atoms. The van der Waals surface area contributed by atoms with Gasteiger partial charge in [0.25, 0.3) is 0 Å². The first-order chi connectivity index (χ1) is 8.97. The van der Waals surface area contributed by atoms with Gasteiger partial charge in [0.1, 0.15) is 0 Å². The van der Waals surface area contributed by atoms with E-state index in [9.17, 15) is 9.59 Å². The Morgan fingerprint density at radius 3 is 2.42 bits per heavy atom. The quantitative estimate of drug-likeness (QED) is 0.871. The number of aromatic carboxylic acids is 1. The molecule has 2 unspecified atom stereocenters. The highest BCUT2D eigenvalue weighted by atomic mass is 16.4. The van der Waals surface area contributed by atoms with Crippen LogP contribution in [0.4, 0.5) is 4.79 Å². The van der Waals surface area contributed by atoms with Gasteiger partial charge in [-0.1, -0.05) is 19.1 Å². The van der Waals surface area contributed by atoms with Gasteiger partial charge in [0.05, 0.1) is 5.56 Å². The van der Waals surface area contributed by atoms with Crippen molar-refractivity contribution < 1.29 is 14.7 Å². The van der Waals surface area contributed by atoms with Crippen molar-refractivity contribution in [2.24, 2.45) is 5.92 Å². The summed E-state index contributed by atoms with van der Waals surface area (Å²) in [6, 6.07) is 6.78. The molecule has 5 nitrogen and oxygen atoms in total. The normalized spacial score (nSPS) is 20.7. The van der Waals surface area contributed by atoms with Gasteiger partial charge in [0.2, 0.25) is 0 Å². The number of nitrogens with one attached hydrogen (secondary N) is 1. The van der Waals surface area contributed by atoms with Crippen LogP contribution < -0.4 is 5.32 Å². The smallest absolute Gasteiger partial charge is 0.335 e. The second-order valence-electron chi connectivity index (χ2n) is 5.13. The Morgan fingerprint density at radius 1 is 1.37 bits per heavy atom. The van der Waals surface area contributed by atoms with Crippen molar-refractivity contribution in [3.63, 3.8) is 0 Å². The fourth-order valence-corrected chi connectivity index (χ4v) is 1.89. The third-order valence-electron chi connectivity index (χ3n) is 3.39. The number of hydrogen-bond acceptors (Lipinski definition) is 2. The summed E-state index contributed by atoms with van der Waals surface area (Å²) in [5.41, 5.74) is 1.16. The molecule has 2 amide bonds. The Balaban J connectivity index is 1.88. The third-order valence-corrected chi connectivity index (χ3v) is 3.39. The van der Waals surface area contributed by atoms with E-state index >= 15 is 0 Å². The highest BCUT2D eigenvalue weighted by Crippen LogP contribution is 2.29. The maximum absolute atomic E-state index is 11.8.